The van der Waals surface area contributed by atoms with Gasteiger partial charge < -0.3 is 10.4 Å². The zero-order chi connectivity index (χ0) is 17.2. The minimum Gasteiger partial charge on any atom is -0.481 e. The number of carboxylic acid groups (broad SMARTS) is 1. The Morgan fingerprint density at radius 2 is 1.83 bits per heavy atom. The van der Waals surface area contributed by atoms with Crippen LogP contribution in [0.2, 0.25) is 0 Å². The second kappa shape index (κ2) is 6.43. The van der Waals surface area contributed by atoms with Crippen molar-refractivity contribution in [2.45, 2.75) is 31.2 Å². The van der Waals surface area contributed by atoms with Crippen LogP contribution in [-0.4, -0.2) is 17.0 Å². The molecule has 5 heteroatoms. The summed E-state index contributed by atoms with van der Waals surface area (Å²) in [7, 11) is 0. The molecule has 1 saturated carbocycles. The van der Waals surface area contributed by atoms with Gasteiger partial charge in [0.15, 0.2) is 0 Å². The van der Waals surface area contributed by atoms with Gasteiger partial charge in [0, 0.05) is 5.56 Å². The number of benzene rings is 2. The SMILES string of the molecule is O=C(O)Cc1cccc(C(=O)NC2(c3ccc(F)cc3)CCC2)c1. The Kier molecular flexibility index (Phi) is 4.34. The second-order valence-electron chi connectivity index (χ2n) is 6.17. The largest absolute Gasteiger partial charge is 0.481 e. The summed E-state index contributed by atoms with van der Waals surface area (Å²) in [6.07, 6.45) is 2.49. The predicted octanol–water partition coefficient (Wildman–Crippen LogP) is 3.26. The van der Waals surface area contributed by atoms with E-state index >= 15 is 0 Å². The lowest BCUT2D eigenvalue weighted by molar-refractivity contribution is -0.136. The van der Waals surface area contributed by atoms with Crippen molar-refractivity contribution in [3.8, 4) is 0 Å². The lowest BCUT2D eigenvalue weighted by Crippen LogP contribution is -2.50. The third-order valence-corrected chi connectivity index (χ3v) is 4.50. The molecule has 0 atom stereocenters. The van der Waals surface area contributed by atoms with Gasteiger partial charge in [-0.15, -0.1) is 0 Å². The lowest BCUT2D eigenvalue weighted by Gasteiger charge is -2.43. The first kappa shape index (κ1) is 16.2. The average Bonchev–Trinajstić information content (AvgIpc) is 2.51. The molecule has 0 aliphatic heterocycles. The van der Waals surface area contributed by atoms with Crippen molar-refractivity contribution in [1.82, 2.24) is 5.32 Å². The molecular formula is C19H18FNO3. The Morgan fingerprint density at radius 1 is 1.12 bits per heavy atom. The Morgan fingerprint density at radius 3 is 2.42 bits per heavy atom. The zero-order valence-electron chi connectivity index (χ0n) is 13.1. The fraction of sp³-hybridized carbons (Fsp3) is 0.263. The van der Waals surface area contributed by atoms with E-state index in [1.807, 2.05) is 0 Å². The maximum atomic E-state index is 13.1. The van der Waals surface area contributed by atoms with Gasteiger partial charge in [0.25, 0.3) is 5.91 Å². The summed E-state index contributed by atoms with van der Waals surface area (Å²) in [5.74, 6) is -1.48. The number of nitrogens with one attached hydrogen (secondary N) is 1. The van der Waals surface area contributed by atoms with Crippen LogP contribution in [0, 0.1) is 5.82 Å². The van der Waals surface area contributed by atoms with Crippen molar-refractivity contribution in [3.63, 3.8) is 0 Å². The van der Waals surface area contributed by atoms with E-state index in [0.717, 1.165) is 24.8 Å². The Hall–Kier alpha value is -2.69. The molecule has 1 aliphatic rings. The molecule has 0 spiro atoms. The maximum absolute atomic E-state index is 13.1. The van der Waals surface area contributed by atoms with Crippen LogP contribution in [0.5, 0.6) is 0 Å². The van der Waals surface area contributed by atoms with E-state index in [1.54, 1.807) is 36.4 Å². The number of hydrogen-bond acceptors (Lipinski definition) is 2. The topological polar surface area (TPSA) is 66.4 Å². The van der Waals surface area contributed by atoms with Crippen molar-refractivity contribution in [2.24, 2.45) is 0 Å². The average molecular weight is 327 g/mol. The molecule has 2 aromatic carbocycles. The van der Waals surface area contributed by atoms with Crippen LogP contribution in [0.25, 0.3) is 0 Å². The summed E-state index contributed by atoms with van der Waals surface area (Å²) in [5.41, 5.74) is 1.44. The molecule has 0 heterocycles. The van der Waals surface area contributed by atoms with Gasteiger partial charge in [-0.05, 0) is 54.7 Å². The molecule has 4 nitrogen and oxygen atoms in total. The summed E-state index contributed by atoms with van der Waals surface area (Å²) in [6.45, 7) is 0. The number of rotatable bonds is 5. The van der Waals surface area contributed by atoms with Crippen molar-refractivity contribution in [3.05, 3.63) is 71.0 Å². The smallest absolute Gasteiger partial charge is 0.307 e. The van der Waals surface area contributed by atoms with Crippen LogP contribution in [0.4, 0.5) is 4.39 Å². The van der Waals surface area contributed by atoms with Gasteiger partial charge in [-0.1, -0.05) is 24.3 Å². The standard InChI is InChI=1S/C19H18FNO3/c20-16-7-5-15(6-8-16)19(9-2-10-19)21-18(24)14-4-1-3-13(11-14)12-17(22)23/h1,3-8,11H,2,9-10,12H2,(H,21,24)(H,22,23). The van der Waals surface area contributed by atoms with Crippen LogP contribution in [-0.2, 0) is 16.8 Å². The van der Waals surface area contributed by atoms with Gasteiger partial charge in [-0.2, -0.15) is 0 Å². The molecule has 0 radical (unpaired) electrons. The number of amides is 1. The first-order valence-corrected chi connectivity index (χ1v) is 7.88. The van der Waals surface area contributed by atoms with Crippen LogP contribution in [0.1, 0.15) is 40.7 Å². The molecule has 1 fully saturated rings. The first-order chi connectivity index (χ1) is 11.5. The molecule has 1 aliphatic carbocycles. The highest BCUT2D eigenvalue weighted by Gasteiger charge is 2.40. The van der Waals surface area contributed by atoms with Gasteiger partial charge in [0.2, 0.25) is 0 Å². The molecule has 0 unspecified atom stereocenters. The van der Waals surface area contributed by atoms with Crippen molar-refractivity contribution >= 4 is 11.9 Å². The minimum absolute atomic E-state index is 0.121. The fourth-order valence-corrected chi connectivity index (χ4v) is 3.07. The predicted molar refractivity (Wildman–Crippen MR) is 87.2 cm³/mol. The summed E-state index contributed by atoms with van der Waals surface area (Å²) in [5, 5.41) is 11.9. The van der Waals surface area contributed by atoms with Gasteiger partial charge in [-0.3, -0.25) is 9.59 Å². The van der Waals surface area contributed by atoms with Crippen LogP contribution >= 0.6 is 0 Å². The zero-order valence-corrected chi connectivity index (χ0v) is 13.1. The molecule has 124 valence electrons. The number of halogens is 1. The van der Waals surface area contributed by atoms with Gasteiger partial charge >= 0.3 is 5.97 Å². The Balaban J connectivity index is 1.80. The fourth-order valence-electron chi connectivity index (χ4n) is 3.07. The molecule has 0 aromatic heterocycles. The molecule has 2 aromatic rings. The van der Waals surface area contributed by atoms with Gasteiger partial charge in [0.05, 0.1) is 12.0 Å². The monoisotopic (exact) mass is 327 g/mol. The van der Waals surface area contributed by atoms with E-state index in [2.05, 4.69) is 5.32 Å². The van der Waals surface area contributed by atoms with Gasteiger partial charge in [-0.25, -0.2) is 4.39 Å². The molecule has 0 saturated heterocycles. The summed E-state index contributed by atoms with van der Waals surface area (Å²) >= 11 is 0. The normalized spacial score (nSPS) is 15.4. The van der Waals surface area contributed by atoms with E-state index in [0.29, 0.717) is 11.1 Å². The molecule has 24 heavy (non-hydrogen) atoms. The van der Waals surface area contributed by atoms with E-state index in [-0.39, 0.29) is 18.1 Å². The third kappa shape index (κ3) is 3.30. The molecule has 2 N–H and O–H groups in total. The van der Waals surface area contributed by atoms with E-state index in [1.165, 1.54) is 12.1 Å². The first-order valence-electron chi connectivity index (χ1n) is 7.88. The molecule has 3 rings (SSSR count). The van der Waals surface area contributed by atoms with E-state index in [9.17, 15) is 14.0 Å². The number of carbonyl (C=O) groups excluding carboxylic acids is 1. The highest BCUT2D eigenvalue weighted by atomic mass is 19.1. The summed E-state index contributed by atoms with van der Waals surface area (Å²) in [6, 6.07) is 12.8. The van der Waals surface area contributed by atoms with Crippen LogP contribution in [0.15, 0.2) is 48.5 Å². The highest BCUT2D eigenvalue weighted by molar-refractivity contribution is 5.95. The second-order valence-corrected chi connectivity index (χ2v) is 6.17. The molecule has 1 amide bonds. The Labute approximate surface area is 139 Å². The number of carbonyl (C=O) groups is 2. The third-order valence-electron chi connectivity index (χ3n) is 4.50. The van der Waals surface area contributed by atoms with E-state index in [4.69, 9.17) is 5.11 Å². The van der Waals surface area contributed by atoms with Crippen molar-refractivity contribution < 1.29 is 19.1 Å². The van der Waals surface area contributed by atoms with Crippen LogP contribution < -0.4 is 5.32 Å². The summed E-state index contributed by atoms with van der Waals surface area (Å²) in [4.78, 5) is 23.4. The highest BCUT2D eigenvalue weighted by Crippen LogP contribution is 2.41. The Bertz CT molecular complexity index is 766. The molecular weight excluding hydrogens is 309 g/mol. The van der Waals surface area contributed by atoms with Crippen LogP contribution in [0.3, 0.4) is 0 Å². The van der Waals surface area contributed by atoms with Crippen molar-refractivity contribution in [1.29, 1.82) is 0 Å². The molecule has 0 bridgehead atoms. The maximum Gasteiger partial charge on any atom is 0.307 e. The number of hydrogen-bond donors (Lipinski definition) is 2. The number of carboxylic acids is 1. The van der Waals surface area contributed by atoms with Crippen molar-refractivity contribution in [2.75, 3.05) is 0 Å². The van der Waals surface area contributed by atoms with Gasteiger partial charge in [0.1, 0.15) is 5.82 Å². The quantitative estimate of drug-likeness (QED) is 0.886. The van der Waals surface area contributed by atoms with E-state index < -0.39 is 11.5 Å². The summed E-state index contributed by atoms with van der Waals surface area (Å²) < 4.78 is 13.1. The lowest BCUT2D eigenvalue weighted by atomic mass is 9.71. The minimum atomic E-state index is -0.936. The number of aliphatic carboxylic acids is 1.